The molecule has 1 heteroatoms. The second kappa shape index (κ2) is 14.5. The first-order chi connectivity index (χ1) is 32.5. The van der Waals surface area contributed by atoms with Crippen molar-refractivity contribution in [1.29, 1.82) is 0 Å². The summed E-state index contributed by atoms with van der Waals surface area (Å²) in [6.07, 6.45) is 0. The molecule has 13 rings (SSSR count). The molecular formula is C65H47N. The fourth-order valence-electron chi connectivity index (χ4n) is 12.5. The van der Waals surface area contributed by atoms with Crippen molar-refractivity contribution >= 4 is 17.1 Å². The lowest BCUT2D eigenvalue weighted by Gasteiger charge is -2.38. The van der Waals surface area contributed by atoms with Gasteiger partial charge in [0.25, 0.3) is 0 Å². The van der Waals surface area contributed by atoms with E-state index in [9.17, 15) is 0 Å². The normalized spacial score (nSPS) is 14.9. The maximum Gasteiger partial charge on any atom is 0.0734 e. The molecule has 0 heterocycles. The van der Waals surface area contributed by atoms with Gasteiger partial charge in [0.15, 0.2) is 0 Å². The third-order valence-corrected chi connectivity index (χ3v) is 15.2. The van der Waals surface area contributed by atoms with Crippen molar-refractivity contribution < 1.29 is 0 Å². The summed E-state index contributed by atoms with van der Waals surface area (Å²) in [5.41, 5.74) is 22.8. The van der Waals surface area contributed by atoms with Crippen molar-refractivity contribution in [3.8, 4) is 33.4 Å². The summed E-state index contributed by atoms with van der Waals surface area (Å²) < 4.78 is 0. The van der Waals surface area contributed by atoms with Crippen LogP contribution in [0.1, 0.15) is 69.5 Å². The van der Waals surface area contributed by atoms with E-state index in [1.54, 1.807) is 0 Å². The molecular weight excluding hydrogens is 795 g/mol. The zero-order chi connectivity index (χ0) is 44.0. The lowest BCUT2D eigenvalue weighted by molar-refractivity contribution is 0.660. The molecule has 312 valence electrons. The molecule has 0 fully saturated rings. The first kappa shape index (κ1) is 38.5. The van der Waals surface area contributed by atoms with Crippen LogP contribution in [-0.2, 0) is 16.2 Å². The lowest BCUT2D eigenvalue weighted by Crippen LogP contribution is -2.30. The van der Waals surface area contributed by atoms with Crippen LogP contribution in [0.15, 0.2) is 249 Å². The molecule has 0 amide bonds. The molecule has 3 aliphatic rings. The molecule has 0 bridgehead atoms. The molecule has 0 saturated carbocycles. The molecule has 0 radical (unpaired) electrons. The van der Waals surface area contributed by atoms with Gasteiger partial charge in [-0.1, -0.05) is 232 Å². The van der Waals surface area contributed by atoms with Gasteiger partial charge >= 0.3 is 0 Å². The molecule has 0 spiro atoms. The Bertz CT molecular complexity index is 3410. The predicted molar refractivity (Wildman–Crippen MR) is 273 cm³/mol. The highest BCUT2D eigenvalue weighted by Gasteiger charge is 2.49. The smallest absolute Gasteiger partial charge is 0.0734 e. The molecule has 10 aromatic rings. The molecule has 0 atom stereocenters. The standard InChI is InChI=1S/C65H47N/c1-63(2)56-32-16-12-27-50(56)54-42-41-49(43-60(54)63)66(48-39-37-47(38-40-48)64(44-21-6-3-7-22-44)57-33-17-13-28-51(57)52-29-14-18-34-58(52)64)61-36-20-31-55-53-30-15-19-35-59(53)65(62(55)61,45-23-8-4-9-24-45)46-25-10-5-11-26-46/h3-43H,1-2H3. The second-order valence-electron chi connectivity index (χ2n) is 18.7. The summed E-state index contributed by atoms with van der Waals surface area (Å²) in [6.45, 7) is 4.77. The summed E-state index contributed by atoms with van der Waals surface area (Å²) in [5.74, 6) is 0. The van der Waals surface area contributed by atoms with Gasteiger partial charge in [0, 0.05) is 22.4 Å². The third-order valence-electron chi connectivity index (χ3n) is 15.2. The SMILES string of the molecule is CC1(C)c2ccccc2-c2ccc(N(c3ccc(C4(c5ccccc5)c5ccccc5-c5ccccc54)cc3)c3cccc4c3C(c3ccccc3)(c3ccccc3)c3ccccc3-4)cc21. The quantitative estimate of drug-likeness (QED) is 0.155. The molecule has 0 saturated heterocycles. The molecule has 0 aliphatic heterocycles. The molecule has 0 N–H and O–H groups in total. The molecule has 1 nitrogen and oxygen atoms in total. The summed E-state index contributed by atoms with van der Waals surface area (Å²) in [4.78, 5) is 2.56. The van der Waals surface area contributed by atoms with Crippen LogP contribution in [0, 0.1) is 0 Å². The van der Waals surface area contributed by atoms with Gasteiger partial charge in [0.05, 0.1) is 16.5 Å². The number of rotatable bonds is 7. The third kappa shape index (κ3) is 5.17. The average Bonchev–Trinajstić information content (AvgIpc) is 3.95. The lowest BCUT2D eigenvalue weighted by atomic mass is 9.67. The maximum absolute atomic E-state index is 2.56. The van der Waals surface area contributed by atoms with Crippen molar-refractivity contribution in [1.82, 2.24) is 0 Å². The maximum atomic E-state index is 2.56. The van der Waals surface area contributed by atoms with Crippen LogP contribution >= 0.6 is 0 Å². The highest BCUT2D eigenvalue weighted by Crippen LogP contribution is 2.61. The Hall–Kier alpha value is -8.00. The summed E-state index contributed by atoms with van der Waals surface area (Å²) in [7, 11) is 0. The minimum Gasteiger partial charge on any atom is -0.310 e. The summed E-state index contributed by atoms with van der Waals surface area (Å²) in [5, 5.41) is 0. The highest BCUT2D eigenvalue weighted by molar-refractivity contribution is 5.95. The van der Waals surface area contributed by atoms with E-state index >= 15 is 0 Å². The van der Waals surface area contributed by atoms with E-state index < -0.39 is 10.8 Å². The number of nitrogens with zero attached hydrogens (tertiary/aromatic N) is 1. The minimum atomic E-state index is -0.593. The minimum absolute atomic E-state index is 0.171. The van der Waals surface area contributed by atoms with Gasteiger partial charge in [0.1, 0.15) is 0 Å². The highest BCUT2D eigenvalue weighted by atomic mass is 15.1. The van der Waals surface area contributed by atoms with Gasteiger partial charge in [-0.05, 0) is 114 Å². The van der Waals surface area contributed by atoms with Crippen LogP contribution in [0.3, 0.4) is 0 Å². The Balaban J connectivity index is 1.09. The molecule has 0 unspecified atom stereocenters. The average molecular weight is 842 g/mol. The molecule has 0 aromatic heterocycles. The van der Waals surface area contributed by atoms with Gasteiger partial charge in [-0.3, -0.25) is 0 Å². The molecule has 10 aromatic carbocycles. The fraction of sp³-hybridized carbons (Fsp3) is 0.0769. The Morgan fingerprint density at radius 1 is 0.273 bits per heavy atom. The number of hydrogen-bond acceptors (Lipinski definition) is 1. The van der Waals surface area contributed by atoms with E-state index in [0.717, 1.165) is 17.1 Å². The largest absolute Gasteiger partial charge is 0.310 e. The monoisotopic (exact) mass is 841 g/mol. The Morgan fingerprint density at radius 3 is 1.20 bits per heavy atom. The van der Waals surface area contributed by atoms with Gasteiger partial charge in [0.2, 0.25) is 0 Å². The topological polar surface area (TPSA) is 3.24 Å². The van der Waals surface area contributed by atoms with Crippen LogP contribution in [-0.4, -0.2) is 0 Å². The number of fused-ring (bicyclic) bond motifs is 9. The van der Waals surface area contributed by atoms with Gasteiger partial charge in [-0.15, -0.1) is 0 Å². The zero-order valence-electron chi connectivity index (χ0n) is 37.1. The predicted octanol–water partition coefficient (Wildman–Crippen LogP) is 16.2. The fourth-order valence-corrected chi connectivity index (χ4v) is 12.5. The molecule has 66 heavy (non-hydrogen) atoms. The van der Waals surface area contributed by atoms with E-state index in [-0.39, 0.29) is 5.41 Å². The van der Waals surface area contributed by atoms with Crippen LogP contribution in [0.25, 0.3) is 33.4 Å². The van der Waals surface area contributed by atoms with Crippen molar-refractivity contribution in [3.63, 3.8) is 0 Å². The van der Waals surface area contributed by atoms with Crippen molar-refractivity contribution in [2.45, 2.75) is 30.1 Å². The van der Waals surface area contributed by atoms with E-state index in [1.165, 1.54) is 89.0 Å². The van der Waals surface area contributed by atoms with Crippen molar-refractivity contribution in [3.05, 3.63) is 304 Å². The first-order valence-electron chi connectivity index (χ1n) is 23.3. The van der Waals surface area contributed by atoms with E-state index in [2.05, 4.69) is 267 Å². The Kier molecular flexibility index (Phi) is 8.45. The number of hydrogen-bond donors (Lipinski definition) is 0. The van der Waals surface area contributed by atoms with Crippen LogP contribution in [0.2, 0.25) is 0 Å². The summed E-state index contributed by atoms with van der Waals surface area (Å²) >= 11 is 0. The van der Waals surface area contributed by atoms with Crippen molar-refractivity contribution in [2.24, 2.45) is 0 Å². The van der Waals surface area contributed by atoms with Crippen molar-refractivity contribution in [2.75, 3.05) is 4.90 Å². The van der Waals surface area contributed by atoms with E-state index in [1.807, 2.05) is 0 Å². The first-order valence-corrected chi connectivity index (χ1v) is 23.3. The zero-order valence-corrected chi connectivity index (χ0v) is 37.1. The van der Waals surface area contributed by atoms with E-state index in [4.69, 9.17) is 0 Å². The van der Waals surface area contributed by atoms with E-state index in [0.29, 0.717) is 0 Å². The van der Waals surface area contributed by atoms with Gasteiger partial charge in [-0.2, -0.15) is 0 Å². The van der Waals surface area contributed by atoms with Crippen LogP contribution < -0.4 is 4.90 Å². The van der Waals surface area contributed by atoms with Crippen LogP contribution in [0.4, 0.5) is 17.1 Å². The number of benzene rings is 10. The molecule has 3 aliphatic carbocycles. The second-order valence-corrected chi connectivity index (χ2v) is 18.7. The van der Waals surface area contributed by atoms with Crippen LogP contribution in [0.5, 0.6) is 0 Å². The van der Waals surface area contributed by atoms with Gasteiger partial charge in [-0.25, -0.2) is 0 Å². The Morgan fingerprint density at radius 2 is 0.652 bits per heavy atom. The van der Waals surface area contributed by atoms with Gasteiger partial charge < -0.3 is 4.90 Å². The summed E-state index contributed by atoms with van der Waals surface area (Å²) in [6, 6.07) is 93.3. The Labute approximate surface area is 388 Å². The number of anilines is 3.